The van der Waals surface area contributed by atoms with Crippen LogP contribution in [-0.4, -0.2) is 52.0 Å². The van der Waals surface area contributed by atoms with Crippen molar-refractivity contribution in [3.05, 3.63) is 0 Å². The van der Waals surface area contributed by atoms with E-state index in [9.17, 15) is 24.6 Å². The molecule has 0 aromatic rings. The molecular formula is C12H20O6. The quantitative estimate of drug-likeness (QED) is 0.427. The van der Waals surface area contributed by atoms with Gasteiger partial charge in [0.1, 0.15) is 18.2 Å². The average molecular weight is 260 g/mol. The summed E-state index contributed by atoms with van der Waals surface area (Å²) in [5.74, 6) is -0.651. The first-order chi connectivity index (χ1) is 8.52. The van der Waals surface area contributed by atoms with Crippen LogP contribution in [0.25, 0.3) is 0 Å². The molecule has 3 N–H and O–H groups in total. The summed E-state index contributed by atoms with van der Waals surface area (Å²) in [5, 5.41) is 28.6. The molecule has 2 atom stereocenters. The molecule has 18 heavy (non-hydrogen) atoms. The van der Waals surface area contributed by atoms with Gasteiger partial charge in [-0.1, -0.05) is 0 Å². The first-order valence-corrected chi connectivity index (χ1v) is 5.94. The zero-order chi connectivity index (χ0) is 14.0. The van der Waals surface area contributed by atoms with Gasteiger partial charge in [0.25, 0.3) is 0 Å². The first-order valence-electron chi connectivity index (χ1n) is 5.94. The molecule has 0 aliphatic heterocycles. The molecule has 6 nitrogen and oxygen atoms in total. The number of aldehydes is 2. The minimum atomic E-state index is -2.01. The lowest BCUT2D eigenvalue weighted by Crippen LogP contribution is -2.49. The minimum absolute atomic E-state index is 0.0328. The Labute approximate surface area is 106 Å². The molecule has 0 aliphatic rings. The Morgan fingerprint density at radius 1 is 1.22 bits per heavy atom. The van der Waals surface area contributed by atoms with E-state index >= 15 is 0 Å². The fraction of sp³-hybridized carbons (Fsp3) is 0.750. The van der Waals surface area contributed by atoms with Gasteiger partial charge in [-0.15, -0.1) is 0 Å². The van der Waals surface area contributed by atoms with Gasteiger partial charge < -0.3 is 24.9 Å². The number of aliphatic hydroxyl groups is 3. The van der Waals surface area contributed by atoms with Gasteiger partial charge in [-0.2, -0.15) is 0 Å². The number of aliphatic hydroxyl groups excluding tert-OH is 2. The molecule has 104 valence electrons. The summed E-state index contributed by atoms with van der Waals surface area (Å²) in [5.41, 5.74) is -2.01. The maximum atomic E-state index is 11.8. The lowest BCUT2D eigenvalue weighted by atomic mass is 9.83. The lowest BCUT2D eigenvalue weighted by molar-refractivity contribution is -0.153. The van der Waals surface area contributed by atoms with Crippen LogP contribution in [-0.2, 0) is 14.4 Å². The zero-order valence-electron chi connectivity index (χ0n) is 10.2. The molecule has 0 amide bonds. The van der Waals surface area contributed by atoms with Crippen LogP contribution in [0.3, 0.4) is 0 Å². The van der Waals surface area contributed by atoms with Crippen LogP contribution < -0.4 is 0 Å². The average Bonchev–Trinajstić information content (AvgIpc) is 2.38. The second kappa shape index (κ2) is 8.91. The summed E-state index contributed by atoms with van der Waals surface area (Å²) in [6, 6.07) is 0. The normalized spacial score (nSPS) is 15.7. The first kappa shape index (κ1) is 16.9. The van der Waals surface area contributed by atoms with Gasteiger partial charge in [0.05, 0.1) is 6.10 Å². The highest BCUT2D eigenvalue weighted by Crippen LogP contribution is 2.24. The van der Waals surface area contributed by atoms with E-state index in [2.05, 4.69) is 0 Å². The zero-order valence-corrected chi connectivity index (χ0v) is 10.2. The standard InChI is InChI=1S/C12H20O6/c13-7-1-4-10(16)12(18,6-3-9-15)11(17)5-2-8-14/h7,9,11,14,17-18H,1-6,8H2. The van der Waals surface area contributed by atoms with Gasteiger partial charge in [0, 0.05) is 25.9 Å². The highest BCUT2D eigenvalue weighted by atomic mass is 16.3. The maximum absolute atomic E-state index is 11.8. The predicted octanol–water partition coefficient (Wildman–Crippen LogP) is -0.622. The van der Waals surface area contributed by atoms with E-state index in [-0.39, 0.29) is 45.1 Å². The Bertz CT molecular complexity index is 278. The summed E-state index contributed by atoms with van der Waals surface area (Å²) in [4.78, 5) is 32.3. The van der Waals surface area contributed by atoms with Crippen LogP contribution in [0.4, 0.5) is 0 Å². The van der Waals surface area contributed by atoms with Crippen LogP contribution >= 0.6 is 0 Å². The van der Waals surface area contributed by atoms with E-state index in [1.807, 2.05) is 0 Å². The molecule has 0 saturated heterocycles. The van der Waals surface area contributed by atoms with E-state index < -0.39 is 17.5 Å². The van der Waals surface area contributed by atoms with Gasteiger partial charge in [0.2, 0.25) is 0 Å². The van der Waals surface area contributed by atoms with Crippen molar-refractivity contribution in [3.8, 4) is 0 Å². The van der Waals surface area contributed by atoms with Crippen molar-refractivity contribution in [2.45, 2.75) is 50.2 Å². The number of hydrogen-bond donors (Lipinski definition) is 3. The maximum Gasteiger partial charge on any atom is 0.167 e. The number of rotatable bonds is 11. The Morgan fingerprint density at radius 3 is 2.33 bits per heavy atom. The van der Waals surface area contributed by atoms with Crippen molar-refractivity contribution in [2.75, 3.05) is 6.61 Å². The number of Topliss-reactive ketones (excluding diaryl/α,β-unsaturated/α-hetero) is 1. The summed E-state index contributed by atoms with van der Waals surface area (Å²) < 4.78 is 0. The third-order valence-corrected chi connectivity index (χ3v) is 2.80. The second-order valence-electron chi connectivity index (χ2n) is 4.14. The van der Waals surface area contributed by atoms with E-state index in [1.165, 1.54) is 0 Å². The molecule has 0 bridgehead atoms. The van der Waals surface area contributed by atoms with Crippen LogP contribution in [0.2, 0.25) is 0 Å². The Hall–Kier alpha value is -1.11. The van der Waals surface area contributed by atoms with Crippen molar-refractivity contribution >= 4 is 18.4 Å². The van der Waals surface area contributed by atoms with Crippen molar-refractivity contribution in [2.24, 2.45) is 0 Å². The van der Waals surface area contributed by atoms with E-state index in [1.54, 1.807) is 0 Å². The Balaban J connectivity index is 4.72. The SMILES string of the molecule is O=CCCC(=O)C(O)(CCC=O)C(O)CCCO. The molecule has 0 saturated carbocycles. The molecule has 0 radical (unpaired) electrons. The van der Waals surface area contributed by atoms with E-state index in [0.717, 1.165) is 0 Å². The smallest absolute Gasteiger partial charge is 0.167 e. The monoisotopic (exact) mass is 260 g/mol. The van der Waals surface area contributed by atoms with Gasteiger partial charge in [0.15, 0.2) is 5.78 Å². The summed E-state index contributed by atoms with van der Waals surface area (Å²) in [6.45, 7) is -0.163. The molecule has 0 aliphatic carbocycles. The third kappa shape index (κ3) is 5.03. The third-order valence-electron chi connectivity index (χ3n) is 2.80. The highest BCUT2D eigenvalue weighted by molar-refractivity contribution is 5.89. The molecular weight excluding hydrogens is 240 g/mol. The van der Waals surface area contributed by atoms with Crippen molar-refractivity contribution in [1.82, 2.24) is 0 Å². The van der Waals surface area contributed by atoms with Crippen molar-refractivity contribution in [3.63, 3.8) is 0 Å². The number of hydrogen-bond acceptors (Lipinski definition) is 6. The van der Waals surface area contributed by atoms with Crippen LogP contribution in [0.15, 0.2) is 0 Å². The molecule has 0 aromatic carbocycles. The molecule has 0 heterocycles. The molecule has 0 rings (SSSR count). The van der Waals surface area contributed by atoms with E-state index in [4.69, 9.17) is 5.11 Å². The van der Waals surface area contributed by atoms with Crippen molar-refractivity contribution in [1.29, 1.82) is 0 Å². The Kier molecular flexibility index (Phi) is 8.36. The van der Waals surface area contributed by atoms with Crippen LogP contribution in [0, 0.1) is 0 Å². The fourth-order valence-electron chi connectivity index (χ4n) is 1.70. The number of ketones is 1. The van der Waals surface area contributed by atoms with E-state index in [0.29, 0.717) is 12.6 Å². The molecule has 6 heteroatoms. The molecule has 0 spiro atoms. The van der Waals surface area contributed by atoms with Crippen LogP contribution in [0.1, 0.15) is 38.5 Å². The largest absolute Gasteiger partial charge is 0.396 e. The highest BCUT2D eigenvalue weighted by Gasteiger charge is 2.41. The second-order valence-corrected chi connectivity index (χ2v) is 4.14. The van der Waals surface area contributed by atoms with Gasteiger partial charge in [-0.25, -0.2) is 0 Å². The number of carbonyl (C=O) groups excluding carboxylic acids is 3. The lowest BCUT2D eigenvalue weighted by Gasteiger charge is -2.31. The van der Waals surface area contributed by atoms with Gasteiger partial charge >= 0.3 is 0 Å². The topological polar surface area (TPSA) is 112 Å². The molecule has 0 fully saturated rings. The van der Waals surface area contributed by atoms with Crippen molar-refractivity contribution < 1.29 is 29.7 Å². The number of carbonyl (C=O) groups is 3. The minimum Gasteiger partial charge on any atom is -0.396 e. The summed E-state index contributed by atoms with van der Waals surface area (Å²) >= 11 is 0. The predicted molar refractivity (Wildman–Crippen MR) is 62.9 cm³/mol. The van der Waals surface area contributed by atoms with Gasteiger partial charge in [-0.3, -0.25) is 4.79 Å². The fourth-order valence-corrected chi connectivity index (χ4v) is 1.70. The summed E-state index contributed by atoms with van der Waals surface area (Å²) in [7, 11) is 0. The summed E-state index contributed by atoms with van der Waals surface area (Å²) in [6.07, 6.45) is -0.382. The Morgan fingerprint density at radius 2 is 1.83 bits per heavy atom. The van der Waals surface area contributed by atoms with Gasteiger partial charge in [-0.05, 0) is 19.3 Å². The van der Waals surface area contributed by atoms with Crippen LogP contribution in [0.5, 0.6) is 0 Å². The molecule has 2 unspecified atom stereocenters. The molecule has 0 aromatic heterocycles.